The number of nitrogens with zero attached hydrogens (tertiary/aromatic N) is 4. The molecule has 2 N–H and O–H groups in total. The number of halogens is 4. The summed E-state index contributed by atoms with van der Waals surface area (Å²) >= 11 is 4.35. The van der Waals surface area contributed by atoms with Crippen molar-refractivity contribution in [3.8, 4) is 5.69 Å². The van der Waals surface area contributed by atoms with Gasteiger partial charge in [0.05, 0.1) is 28.4 Å². The van der Waals surface area contributed by atoms with Crippen LogP contribution in [0.1, 0.15) is 41.0 Å². The summed E-state index contributed by atoms with van der Waals surface area (Å²) in [4.78, 5) is 25.8. The first-order chi connectivity index (χ1) is 21.9. The molecule has 1 aliphatic heterocycles. The van der Waals surface area contributed by atoms with Crippen LogP contribution in [0.2, 0.25) is 0 Å². The van der Waals surface area contributed by atoms with Gasteiger partial charge in [-0.05, 0) is 73.5 Å². The molecule has 5 rings (SSSR count). The first-order valence-corrected chi connectivity index (χ1v) is 17.3. The summed E-state index contributed by atoms with van der Waals surface area (Å²) in [7, 11) is -3.64. The molecule has 0 saturated carbocycles. The lowest BCUT2D eigenvalue weighted by atomic mass is 10.1. The minimum atomic E-state index is -4.63. The summed E-state index contributed by atoms with van der Waals surface area (Å²) < 4.78 is 69.9. The lowest BCUT2D eigenvalue weighted by Gasteiger charge is -2.25. The fourth-order valence-corrected chi connectivity index (χ4v) is 7.36. The lowest BCUT2D eigenvalue weighted by molar-refractivity contribution is -0.137. The topological polar surface area (TPSA) is 126 Å². The van der Waals surface area contributed by atoms with Crippen molar-refractivity contribution < 1.29 is 31.2 Å². The number of hydrogen-bond acceptors (Lipinski definition) is 7. The van der Waals surface area contributed by atoms with E-state index in [2.05, 4.69) is 36.8 Å². The number of benzene rings is 3. The molecule has 0 aliphatic carbocycles. The van der Waals surface area contributed by atoms with Gasteiger partial charge in [0.2, 0.25) is 15.9 Å². The Hall–Kier alpha value is -3.73. The van der Waals surface area contributed by atoms with Crippen molar-refractivity contribution in [2.75, 3.05) is 24.2 Å². The third kappa shape index (κ3) is 7.97. The highest BCUT2D eigenvalue weighted by molar-refractivity contribution is 9.10. The number of aromatic nitrogens is 3. The number of carbonyl (C=O) groups is 2. The van der Waals surface area contributed by atoms with E-state index in [4.69, 9.17) is 0 Å². The van der Waals surface area contributed by atoms with Crippen molar-refractivity contribution in [1.29, 1.82) is 0 Å². The molecule has 10 nitrogen and oxygen atoms in total. The predicted octanol–water partition coefficient (Wildman–Crippen LogP) is 5.88. The minimum Gasteiger partial charge on any atom is -0.345 e. The Kier molecular flexibility index (Phi) is 10.5. The summed E-state index contributed by atoms with van der Waals surface area (Å²) in [5, 5.41) is 13.7. The number of hydrogen-bond donors (Lipinski definition) is 2. The second-order valence-electron chi connectivity index (χ2n) is 10.3. The van der Waals surface area contributed by atoms with Crippen LogP contribution in [-0.4, -0.2) is 58.1 Å². The molecular weight excluding hydrogens is 709 g/mol. The highest BCUT2D eigenvalue weighted by Gasteiger charge is 2.33. The SMILES string of the molecule is O=C(CSc1nnc(CNC(=O)c2ccc(S(=O)(=O)N3CCCCC3)cc2)n1-c1ccc(Br)cc1)Nc1ccccc1C(F)(F)F. The third-order valence-electron chi connectivity index (χ3n) is 7.10. The number of amides is 2. The second kappa shape index (κ2) is 14.4. The van der Waals surface area contributed by atoms with E-state index in [0.29, 0.717) is 24.6 Å². The van der Waals surface area contributed by atoms with E-state index in [1.165, 1.54) is 46.8 Å². The van der Waals surface area contributed by atoms with Gasteiger partial charge >= 0.3 is 6.18 Å². The van der Waals surface area contributed by atoms with E-state index in [9.17, 15) is 31.2 Å². The van der Waals surface area contributed by atoms with Gasteiger partial charge in [-0.15, -0.1) is 10.2 Å². The molecule has 0 spiro atoms. The fraction of sp³-hybridized carbons (Fsp3) is 0.267. The van der Waals surface area contributed by atoms with Gasteiger partial charge in [-0.2, -0.15) is 17.5 Å². The molecule has 242 valence electrons. The zero-order valence-electron chi connectivity index (χ0n) is 24.1. The van der Waals surface area contributed by atoms with Crippen LogP contribution in [0.4, 0.5) is 18.9 Å². The van der Waals surface area contributed by atoms with Gasteiger partial charge in [0.1, 0.15) is 0 Å². The number of nitrogens with one attached hydrogen (secondary N) is 2. The predicted molar refractivity (Wildman–Crippen MR) is 170 cm³/mol. The Morgan fingerprint density at radius 3 is 2.26 bits per heavy atom. The number of anilines is 1. The maximum absolute atomic E-state index is 13.4. The Labute approximate surface area is 276 Å². The molecule has 2 amide bonds. The molecule has 16 heteroatoms. The summed E-state index contributed by atoms with van der Waals surface area (Å²) in [5.74, 6) is -1.08. The normalized spacial score (nSPS) is 14.2. The van der Waals surface area contributed by atoms with E-state index in [1.54, 1.807) is 28.8 Å². The number of rotatable bonds is 10. The van der Waals surface area contributed by atoms with Crippen LogP contribution in [0.3, 0.4) is 0 Å². The molecule has 0 bridgehead atoms. The average molecular weight is 738 g/mol. The van der Waals surface area contributed by atoms with E-state index in [1.807, 2.05) is 0 Å². The fourth-order valence-electron chi connectivity index (χ4n) is 4.81. The van der Waals surface area contributed by atoms with Crippen LogP contribution in [0.5, 0.6) is 0 Å². The summed E-state index contributed by atoms with van der Waals surface area (Å²) in [5.41, 5.74) is -0.439. The van der Waals surface area contributed by atoms with Gasteiger partial charge in [-0.25, -0.2) is 8.42 Å². The van der Waals surface area contributed by atoms with Gasteiger partial charge in [-0.1, -0.05) is 46.2 Å². The van der Waals surface area contributed by atoms with Gasteiger partial charge in [0.25, 0.3) is 5.91 Å². The Morgan fingerprint density at radius 1 is 0.913 bits per heavy atom. The van der Waals surface area contributed by atoms with Crippen molar-refractivity contribution in [2.24, 2.45) is 0 Å². The molecule has 4 aromatic rings. The van der Waals surface area contributed by atoms with E-state index in [0.717, 1.165) is 41.6 Å². The van der Waals surface area contributed by atoms with Gasteiger partial charge in [0.15, 0.2) is 11.0 Å². The monoisotopic (exact) mass is 736 g/mol. The molecule has 3 aromatic carbocycles. The largest absolute Gasteiger partial charge is 0.418 e. The van der Waals surface area contributed by atoms with E-state index in [-0.39, 0.29) is 33.6 Å². The van der Waals surface area contributed by atoms with Crippen molar-refractivity contribution in [2.45, 2.75) is 42.0 Å². The molecular formula is C30H28BrF3N6O4S2. The third-order valence-corrected chi connectivity index (χ3v) is 10.5. The van der Waals surface area contributed by atoms with Gasteiger partial charge in [-0.3, -0.25) is 14.2 Å². The van der Waals surface area contributed by atoms with Crippen molar-refractivity contribution >= 4 is 55.2 Å². The molecule has 0 unspecified atom stereocenters. The molecule has 1 saturated heterocycles. The molecule has 46 heavy (non-hydrogen) atoms. The van der Waals surface area contributed by atoms with Crippen LogP contribution in [0.25, 0.3) is 5.69 Å². The number of para-hydroxylation sites is 1. The Bertz CT molecular complexity index is 1810. The average Bonchev–Trinajstić information content (AvgIpc) is 3.46. The molecule has 1 aliphatic rings. The Morgan fingerprint density at radius 2 is 1.59 bits per heavy atom. The maximum atomic E-state index is 13.4. The molecule has 0 radical (unpaired) electrons. The van der Waals surface area contributed by atoms with Crippen molar-refractivity contribution in [1.82, 2.24) is 24.4 Å². The quantitative estimate of drug-likeness (QED) is 0.195. The molecule has 1 fully saturated rings. The summed E-state index contributed by atoms with van der Waals surface area (Å²) in [6.45, 7) is 0.878. The lowest BCUT2D eigenvalue weighted by Crippen LogP contribution is -2.35. The molecule has 2 heterocycles. The minimum absolute atomic E-state index is 0.0680. The number of thioether (sulfide) groups is 1. The summed E-state index contributed by atoms with van der Waals surface area (Å²) in [6, 6.07) is 17.5. The highest BCUT2D eigenvalue weighted by Crippen LogP contribution is 2.35. The standard InChI is InChI=1S/C30H28BrF3N6O4S2/c31-21-10-12-22(13-11-21)40-26(37-38-29(40)45-19-27(41)36-25-7-3-2-6-24(25)30(32,33)34)18-35-28(42)20-8-14-23(15-9-20)46(43,44)39-16-4-1-5-17-39/h2-3,6-15H,1,4-5,16-19H2,(H,35,42)(H,36,41). The zero-order chi connectivity index (χ0) is 32.9. The second-order valence-corrected chi connectivity index (χ2v) is 14.1. The number of piperidine rings is 1. The number of carbonyl (C=O) groups excluding carboxylic acids is 2. The van der Waals surface area contributed by atoms with Gasteiger partial charge in [0, 0.05) is 28.8 Å². The van der Waals surface area contributed by atoms with Crippen molar-refractivity contribution in [3.05, 3.63) is 94.2 Å². The summed E-state index contributed by atoms with van der Waals surface area (Å²) in [6.07, 6.45) is -2.01. The van der Waals surface area contributed by atoms with E-state index >= 15 is 0 Å². The first kappa shape index (κ1) is 33.6. The first-order valence-electron chi connectivity index (χ1n) is 14.1. The van der Waals surface area contributed by atoms with Gasteiger partial charge < -0.3 is 10.6 Å². The van der Waals surface area contributed by atoms with Crippen LogP contribution in [0.15, 0.2) is 87.3 Å². The van der Waals surface area contributed by atoms with Crippen LogP contribution >= 0.6 is 27.7 Å². The highest BCUT2D eigenvalue weighted by atomic mass is 79.9. The maximum Gasteiger partial charge on any atom is 0.418 e. The van der Waals surface area contributed by atoms with E-state index < -0.39 is 33.6 Å². The van der Waals surface area contributed by atoms with Crippen LogP contribution in [0, 0.1) is 0 Å². The van der Waals surface area contributed by atoms with Crippen LogP contribution < -0.4 is 10.6 Å². The van der Waals surface area contributed by atoms with Crippen LogP contribution in [-0.2, 0) is 27.5 Å². The number of sulfonamides is 1. The number of alkyl halides is 3. The molecule has 0 atom stereocenters. The zero-order valence-corrected chi connectivity index (χ0v) is 27.3. The van der Waals surface area contributed by atoms with Crippen molar-refractivity contribution in [3.63, 3.8) is 0 Å². The smallest absolute Gasteiger partial charge is 0.345 e. The molecule has 1 aromatic heterocycles. The Balaban J connectivity index is 1.28.